The van der Waals surface area contributed by atoms with E-state index in [0.29, 0.717) is 19.4 Å². The first-order chi connectivity index (χ1) is 9.89. The van der Waals surface area contributed by atoms with Crippen LogP contribution >= 0.6 is 12.4 Å². The third-order valence-corrected chi connectivity index (χ3v) is 3.03. The molecule has 0 unspecified atom stereocenters. The van der Waals surface area contributed by atoms with Crippen LogP contribution < -0.4 is 15.8 Å². The van der Waals surface area contributed by atoms with Crippen LogP contribution in [0.1, 0.15) is 12.8 Å². The molecule has 1 saturated heterocycles. The summed E-state index contributed by atoms with van der Waals surface area (Å²) in [6, 6.07) is 5.33. The number of nitrogens with two attached hydrogens (primary N) is 1. The van der Waals surface area contributed by atoms with Crippen LogP contribution in [0.5, 0.6) is 5.75 Å². The minimum atomic E-state index is -4.82. The summed E-state index contributed by atoms with van der Waals surface area (Å²) < 4.78 is 46.1. The summed E-state index contributed by atoms with van der Waals surface area (Å²) in [7, 11) is 0. The fraction of sp³-hybridized carbons (Fsp3) is 0.462. The van der Waals surface area contributed by atoms with Crippen molar-refractivity contribution in [3.63, 3.8) is 0 Å². The molecule has 22 heavy (non-hydrogen) atoms. The van der Waals surface area contributed by atoms with E-state index in [0.717, 1.165) is 6.07 Å². The Morgan fingerprint density at radius 2 is 2.05 bits per heavy atom. The van der Waals surface area contributed by atoms with Gasteiger partial charge < -0.3 is 20.5 Å². The van der Waals surface area contributed by atoms with E-state index in [1.807, 2.05) is 0 Å². The number of ether oxygens (including phenoxy) is 2. The van der Waals surface area contributed by atoms with Crippen LogP contribution in [-0.2, 0) is 9.53 Å². The van der Waals surface area contributed by atoms with E-state index in [2.05, 4.69) is 10.1 Å². The number of carbonyl (C=O) groups excluding carboxylic acids is 1. The Balaban J connectivity index is 0.00000242. The lowest BCUT2D eigenvalue weighted by molar-refractivity contribution is -0.274. The number of carbonyl (C=O) groups is 1. The Kier molecular flexibility index (Phi) is 6.46. The monoisotopic (exact) mass is 340 g/mol. The van der Waals surface area contributed by atoms with Crippen molar-refractivity contribution in [1.29, 1.82) is 0 Å². The van der Waals surface area contributed by atoms with Gasteiger partial charge in [0.1, 0.15) is 6.10 Å². The fourth-order valence-corrected chi connectivity index (χ4v) is 2.07. The van der Waals surface area contributed by atoms with Crippen molar-refractivity contribution >= 4 is 24.0 Å². The molecule has 2 atom stereocenters. The Bertz CT molecular complexity index is 514. The highest BCUT2D eigenvalue weighted by Gasteiger charge is 2.33. The van der Waals surface area contributed by atoms with Crippen molar-refractivity contribution < 1.29 is 27.4 Å². The lowest BCUT2D eigenvalue weighted by Gasteiger charge is -2.16. The summed E-state index contributed by atoms with van der Waals surface area (Å²) in [4.78, 5) is 12.0. The number of hydrogen-bond acceptors (Lipinski definition) is 4. The zero-order valence-electron chi connectivity index (χ0n) is 11.4. The zero-order valence-corrected chi connectivity index (χ0v) is 12.2. The van der Waals surface area contributed by atoms with E-state index in [1.54, 1.807) is 0 Å². The molecule has 1 aliphatic heterocycles. The van der Waals surface area contributed by atoms with E-state index in [-0.39, 0.29) is 24.2 Å². The maximum Gasteiger partial charge on any atom is 0.573 e. The van der Waals surface area contributed by atoms with Crippen LogP contribution in [0, 0.1) is 0 Å². The summed E-state index contributed by atoms with van der Waals surface area (Å²) in [5.74, 6) is -0.976. The lowest BCUT2D eigenvalue weighted by atomic mass is 10.2. The van der Waals surface area contributed by atoms with Gasteiger partial charge in [-0.25, -0.2) is 0 Å². The fourth-order valence-electron chi connectivity index (χ4n) is 2.07. The number of hydrogen-bond donors (Lipinski definition) is 2. The van der Waals surface area contributed by atoms with Gasteiger partial charge in [0.15, 0.2) is 5.75 Å². The number of nitrogens with one attached hydrogen (secondary N) is 1. The van der Waals surface area contributed by atoms with Crippen molar-refractivity contribution in [2.75, 3.05) is 11.9 Å². The number of amides is 1. The van der Waals surface area contributed by atoms with E-state index >= 15 is 0 Å². The number of anilines is 1. The molecule has 1 fully saturated rings. The second kappa shape index (κ2) is 7.66. The molecule has 0 spiro atoms. The molecule has 0 aromatic heterocycles. The number of para-hydroxylation sites is 2. The van der Waals surface area contributed by atoms with Crippen LogP contribution in [-0.4, -0.2) is 31.0 Å². The Hall–Kier alpha value is -1.51. The Labute approximate surface area is 131 Å². The first kappa shape index (κ1) is 18.5. The summed E-state index contributed by atoms with van der Waals surface area (Å²) in [6.07, 6.45) is -4.60. The van der Waals surface area contributed by atoms with Gasteiger partial charge in [-0.2, -0.15) is 0 Å². The quantitative estimate of drug-likeness (QED) is 0.883. The van der Waals surface area contributed by atoms with Crippen LogP contribution in [0.3, 0.4) is 0 Å². The molecule has 9 heteroatoms. The third-order valence-electron chi connectivity index (χ3n) is 3.03. The topological polar surface area (TPSA) is 73.6 Å². The molecule has 3 N–H and O–H groups in total. The molecule has 5 nitrogen and oxygen atoms in total. The third kappa shape index (κ3) is 5.04. The van der Waals surface area contributed by atoms with Gasteiger partial charge in [-0.05, 0) is 25.0 Å². The van der Waals surface area contributed by atoms with Gasteiger partial charge in [0.2, 0.25) is 0 Å². The molecule has 124 valence electrons. The minimum absolute atomic E-state index is 0. The van der Waals surface area contributed by atoms with Crippen molar-refractivity contribution in [1.82, 2.24) is 0 Å². The predicted octanol–water partition coefficient (Wildman–Crippen LogP) is 2.45. The van der Waals surface area contributed by atoms with Crippen LogP contribution in [0.2, 0.25) is 0 Å². The van der Waals surface area contributed by atoms with E-state index < -0.39 is 24.1 Å². The Morgan fingerprint density at radius 3 is 2.64 bits per heavy atom. The first-order valence-electron chi connectivity index (χ1n) is 6.40. The Morgan fingerprint density at radius 1 is 1.36 bits per heavy atom. The summed E-state index contributed by atoms with van der Waals surface area (Å²) in [5, 5.41) is 2.39. The summed E-state index contributed by atoms with van der Waals surface area (Å²) >= 11 is 0. The number of rotatable bonds is 4. The van der Waals surface area contributed by atoms with Crippen molar-refractivity contribution in [2.45, 2.75) is 31.4 Å². The van der Waals surface area contributed by atoms with Crippen molar-refractivity contribution in [2.24, 2.45) is 5.73 Å². The van der Waals surface area contributed by atoms with E-state index in [9.17, 15) is 18.0 Å². The molecule has 2 rings (SSSR count). The number of alkyl halides is 3. The van der Waals surface area contributed by atoms with Crippen molar-refractivity contribution in [3.05, 3.63) is 24.3 Å². The molecule has 0 aliphatic carbocycles. The van der Waals surface area contributed by atoms with Gasteiger partial charge in [-0.3, -0.25) is 4.79 Å². The van der Waals surface area contributed by atoms with Crippen molar-refractivity contribution in [3.8, 4) is 5.75 Å². The summed E-state index contributed by atoms with van der Waals surface area (Å²) in [5.41, 5.74) is 5.38. The van der Waals surface area contributed by atoms with Crippen LogP contribution in [0.25, 0.3) is 0 Å². The average molecular weight is 341 g/mol. The SMILES string of the molecule is Cl.NC[C@H]1CC[C@@H](C(=O)Nc2ccccc2OC(F)(F)F)O1. The lowest BCUT2D eigenvalue weighted by Crippen LogP contribution is -2.30. The van der Waals surface area contributed by atoms with Gasteiger partial charge >= 0.3 is 6.36 Å². The molecular formula is C13H16ClF3N2O3. The second-order valence-corrected chi connectivity index (χ2v) is 4.59. The van der Waals surface area contributed by atoms with Gasteiger partial charge in [-0.1, -0.05) is 12.1 Å². The largest absolute Gasteiger partial charge is 0.573 e. The maximum absolute atomic E-state index is 12.3. The standard InChI is InChI=1S/C13H15F3N2O3.ClH/c14-13(15,16)21-10-4-2-1-3-9(10)18-12(19)11-6-5-8(7-17)20-11;/h1-4,8,11H,5-7,17H2,(H,18,19);1H/t8-,11+;/m1./s1. The van der Waals surface area contributed by atoms with E-state index in [1.165, 1.54) is 18.2 Å². The molecule has 0 saturated carbocycles. The second-order valence-electron chi connectivity index (χ2n) is 4.59. The molecule has 1 aliphatic rings. The van der Waals surface area contributed by atoms with Gasteiger partial charge in [-0.15, -0.1) is 25.6 Å². The highest BCUT2D eigenvalue weighted by molar-refractivity contribution is 5.95. The number of halogens is 4. The molecule has 1 heterocycles. The van der Waals surface area contributed by atoms with Gasteiger partial charge in [0.05, 0.1) is 11.8 Å². The molecule has 1 aromatic rings. The summed E-state index contributed by atoms with van der Waals surface area (Å²) in [6.45, 7) is 0.303. The maximum atomic E-state index is 12.3. The highest BCUT2D eigenvalue weighted by Crippen LogP contribution is 2.30. The predicted molar refractivity (Wildman–Crippen MR) is 76.0 cm³/mol. The smallest absolute Gasteiger partial charge is 0.404 e. The normalized spacial score (nSPS) is 21.1. The molecular weight excluding hydrogens is 325 g/mol. The molecule has 1 amide bonds. The molecule has 0 bridgehead atoms. The van der Waals surface area contributed by atoms with Gasteiger partial charge in [0, 0.05) is 6.54 Å². The highest BCUT2D eigenvalue weighted by atomic mass is 35.5. The van der Waals surface area contributed by atoms with E-state index in [4.69, 9.17) is 10.5 Å². The zero-order chi connectivity index (χ0) is 15.5. The van der Waals surface area contributed by atoms with Crippen LogP contribution in [0.15, 0.2) is 24.3 Å². The molecule has 0 radical (unpaired) electrons. The molecule has 1 aromatic carbocycles. The van der Waals surface area contributed by atoms with Crippen LogP contribution in [0.4, 0.5) is 18.9 Å². The minimum Gasteiger partial charge on any atom is -0.404 e. The average Bonchev–Trinajstić information content (AvgIpc) is 2.88. The number of benzene rings is 1. The first-order valence-corrected chi connectivity index (χ1v) is 6.40. The van der Waals surface area contributed by atoms with Gasteiger partial charge in [0.25, 0.3) is 5.91 Å².